The van der Waals surface area contributed by atoms with Crippen LogP contribution in [-0.4, -0.2) is 28.9 Å². The van der Waals surface area contributed by atoms with Crippen LogP contribution in [0.1, 0.15) is 65.9 Å². The van der Waals surface area contributed by atoms with Crippen LogP contribution in [0.5, 0.6) is 0 Å². The molecule has 0 spiro atoms. The smallest absolute Gasteiger partial charge is 0.227 e. The number of amides is 1. The van der Waals surface area contributed by atoms with Crippen LogP contribution < -0.4 is 0 Å². The van der Waals surface area contributed by atoms with E-state index in [2.05, 4.69) is 39.6 Å². The van der Waals surface area contributed by atoms with Gasteiger partial charge in [0.15, 0.2) is 0 Å². The Labute approximate surface area is 158 Å². The maximum absolute atomic E-state index is 13.2. The molecule has 0 unspecified atom stereocenters. The van der Waals surface area contributed by atoms with Crippen molar-refractivity contribution in [1.29, 1.82) is 0 Å². The number of benzene rings is 1. The van der Waals surface area contributed by atoms with E-state index >= 15 is 0 Å². The van der Waals surface area contributed by atoms with E-state index in [-0.39, 0.29) is 11.7 Å². The topological polar surface area (TPSA) is 36.1 Å². The summed E-state index contributed by atoms with van der Waals surface area (Å²) in [5.41, 5.74) is 1.69. The van der Waals surface area contributed by atoms with Crippen molar-refractivity contribution in [2.45, 2.75) is 66.7 Å². The second kappa shape index (κ2) is 11.7. The summed E-state index contributed by atoms with van der Waals surface area (Å²) in [5, 5.41) is 0.930. The number of unbranched alkanes of at least 4 members (excludes halogenated alkanes) is 2. The molecule has 146 valence electrons. The molecule has 0 radical (unpaired) electrons. The lowest BCUT2D eigenvalue weighted by Gasteiger charge is -2.22. The largest absolute Gasteiger partial charge is 0.361 e. The molecule has 1 N–H and O–H groups in total. The number of rotatable bonds is 8. The number of aromatic nitrogens is 1. The molecule has 0 aliphatic heterocycles. The number of halogens is 1. The van der Waals surface area contributed by atoms with E-state index in [0.717, 1.165) is 61.2 Å². The minimum Gasteiger partial charge on any atom is -0.361 e. The van der Waals surface area contributed by atoms with Crippen molar-refractivity contribution < 1.29 is 9.18 Å². The van der Waals surface area contributed by atoms with Crippen molar-refractivity contribution in [2.75, 3.05) is 13.1 Å². The molecule has 0 bridgehead atoms. The van der Waals surface area contributed by atoms with Gasteiger partial charge in [0, 0.05) is 30.2 Å². The normalized spacial score (nSPS) is 10.7. The number of fused-ring (bicyclic) bond motifs is 1. The fourth-order valence-corrected chi connectivity index (χ4v) is 2.76. The average molecular weight is 363 g/mol. The number of aromatic amines is 1. The van der Waals surface area contributed by atoms with Crippen molar-refractivity contribution >= 4 is 16.8 Å². The molecule has 1 aromatic carbocycles. The van der Waals surface area contributed by atoms with Gasteiger partial charge in [-0.25, -0.2) is 4.39 Å². The van der Waals surface area contributed by atoms with E-state index in [0.29, 0.717) is 6.42 Å². The van der Waals surface area contributed by atoms with Gasteiger partial charge in [-0.15, -0.1) is 0 Å². The first kappa shape index (κ1) is 22.2. The molecular formula is C22H35FN2O. The zero-order valence-corrected chi connectivity index (χ0v) is 17.1. The number of hydrogen-bond donors (Lipinski definition) is 1. The standard InChI is InChI=1S/C18H25FN2O.C4H10/c1-3-5-6-10-21(9-4-2)18(22)11-14-13-20-17-12-15(19)7-8-16(14)17;1-4(2)3/h7-8,12-13,20H,3-6,9-11H2,1-2H3;4H,1-3H3. The van der Waals surface area contributed by atoms with E-state index in [4.69, 9.17) is 0 Å². The summed E-state index contributed by atoms with van der Waals surface area (Å²) in [6, 6.07) is 4.65. The van der Waals surface area contributed by atoms with Gasteiger partial charge in [-0.2, -0.15) is 0 Å². The molecule has 3 nitrogen and oxygen atoms in total. The van der Waals surface area contributed by atoms with Gasteiger partial charge in [0.2, 0.25) is 5.91 Å². The highest BCUT2D eigenvalue weighted by molar-refractivity contribution is 5.88. The fourth-order valence-electron chi connectivity index (χ4n) is 2.76. The average Bonchev–Trinajstić information content (AvgIpc) is 2.95. The second-order valence-corrected chi connectivity index (χ2v) is 7.50. The first-order chi connectivity index (χ1) is 12.4. The number of nitrogens with one attached hydrogen (secondary N) is 1. The van der Waals surface area contributed by atoms with Crippen LogP contribution >= 0.6 is 0 Å². The summed E-state index contributed by atoms with van der Waals surface area (Å²) >= 11 is 0. The highest BCUT2D eigenvalue weighted by atomic mass is 19.1. The predicted molar refractivity (Wildman–Crippen MR) is 109 cm³/mol. The molecule has 26 heavy (non-hydrogen) atoms. The van der Waals surface area contributed by atoms with Crippen LogP contribution in [0.25, 0.3) is 10.9 Å². The van der Waals surface area contributed by atoms with Gasteiger partial charge in [0.05, 0.1) is 6.42 Å². The minimum atomic E-state index is -0.264. The lowest BCUT2D eigenvalue weighted by molar-refractivity contribution is -0.130. The van der Waals surface area contributed by atoms with Crippen LogP contribution in [0.3, 0.4) is 0 Å². The lowest BCUT2D eigenvalue weighted by atomic mass is 10.1. The molecule has 1 amide bonds. The maximum Gasteiger partial charge on any atom is 0.227 e. The lowest BCUT2D eigenvalue weighted by Crippen LogP contribution is -2.33. The van der Waals surface area contributed by atoms with Crippen LogP contribution in [0.2, 0.25) is 0 Å². The zero-order valence-electron chi connectivity index (χ0n) is 17.1. The van der Waals surface area contributed by atoms with E-state index in [9.17, 15) is 9.18 Å². The van der Waals surface area contributed by atoms with Crippen molar-refractivity contribution in [3.05, 3.63) is 35.8 Å². The molecule has 0 aliphatic rings. The van der Waals surface area contributed by atoms with Gasteiger partial charge >= 0.3 is 0 Å². The van der Waals surface area contributed by atoms with Gasteiger partial charge in [-0.1, -0.05) is 47.5 Å². The highest BCUT2D eigenvalue weighted by Crippen LogP contribution is 2.20. The Morgan fingerprint density at radius 1 is 1.12 bits per heavy atom. The molecule has 0 atom stereocenters. The minimum absolute atomic E-state index is 0.156. The zero-order chi connectivity index (χ0) is 19.5. The van der Waals surface area contributed by atoms with E-state index in [1.165, 1.54) is 12.1 Å². The monoisotopic (exact) mass is 362 g/mol. The van der Waals surface area contributed by atoms with Gasteiger partial charge in [0.25, 0.3) is 0 Å². The number of carbonyl (C=O) groups excluding carboxylic acids is 1. The third kappa shape index (κ3) is 7.59. The first-order valence-electron chi connectivity index (χ1n) is 9.92. The molecule has 1 aromatic heterocycles. The fraction of sp³-hybridized carbons (Fsp3) is 0.591. The summed E-state index contributed by atoms with van der Waals surface area (Å²) in [5.74, 6) is 0.725. The van der Waals surface area contributed by atoms with Crippen LogP contribution in [-0.2, 0) is 11.2 Å². The molecule has 0 aliphatic carbocycles. The van der Waals surface area contributed by atoms with Crippen LogP contribution in [0.15, 0.2) is 24.4 Å². The van der Waals surface area contributed by atoms with Gasteiger partial charge in [0.1, 0.15) is 5.82 Å². The molecule has 0 saturated heterocycles. The third-order valence-electron chi connectivity index (χ3n) is 3.95. The summed E-state index contributed by atoms with van der Waals surface area (Å²) in [4.78, 5) is 17.5. The Balaban J connectivity index is 0.000000765. The Bertz CT molecular complexity index is 660. The van der Waals surface area contributed by atoms with Crippen molar-refractivity contribution in [1.82, 2.24) is 9.88 Å². The highest BCUT2D eigenvalue weighted by Gasteiger charge is 2.15. The molecule has 4 heteroatoms. The van der Waals surface area contributed by atoms with Crippen LogP contribution in [0, 0.1) is 11.7 Å². The van der Waals surface area contributed by atoms with Crippen molar-refractivity contribution in [2.24, 2.45) is 5.92 Å². The summed E-state index contributed by atoms with van der Waals surface area (Å²) in [6.45, 7) is 12.4. The Kier molecular flexibility index (Phi) is 10.0. The quantitative estimate of drug-likeness (QED) is 0.580. The molecule has 2 aromatic rings. The van der Waals surface area contributed by atoms with Crippen molar-refractivity contribution in [3.63, 3.8) is 0 Å². The molecular weight excluding hydrogens is 327 g/mol. The Morgan fingerprint density at radius 2 is 1.81 bits per heavy atom. The number of nitrogens with zero attached hydrogens (tertiary/aromatic N) is 1. The predicted octanol–water partition coefficient (Wildman–Crippen LogP) is 5.94. The number of carbonyl (C=O) groups is 1. The number of hydrogen-bond acceptors (Lipinski definition) is 1. The third-order valence-corrected chi connectivity index (χ3v) is 3.95. The Morgan fingerprint density at radius 3 is 2.42 bits per heavy atom. The Hall–Kier alpha value is -1.84. The van der Waals surface area contributed by atoms with E-state index in [1.54, 1.807) is 6.07 Å². The van der Waals surface area contributed by atoms with Crippen molar-refractivity contribution in [3.8, 4) is 0 Å². The summed E-state index contributed by atoms with van der Waals surface area (Å²) in [6.07, 6.45) is 6.52. The second-order valence-electron chi connectivity index (χ2n) is 7.50. The van der Waals surface area contributed by atoms with Gasteiger partial charge in [-0.3, -0.25) is 4.79 Å². The SMILES string of the molecule is CC(C)C.CCCCCN(CCC)C(=O)Cc1c[nH]c2cc(F)ccc12. The number of H-pyrrole nitrogens is 1. The molecule has 0 saturated carbocycles. The summed E-state index contributed by atoms with van der Waals surface area (Å²) < 4.78 is 13.2. The maximum atomic E-state index is 13.2. The van der Waals surface area contributed by atoms with Crippen LogP contribution in [0.4, 0.5) is 4.39 Å². The first-order valence-corrected chi connectivity index (χ1v) is 9.92. The molecule has 1 heterocycles. The molecule has 2 rings (SSSR count). The van der Waals surface area contributed by atoms with E-state index < -0.39 is 0 Å². The van der Waals surface area contributed by atoms with E-state index in [1.807, 2.05) is 11.1 Å². The molecule has 0 fully saturated rings. The van der Waals surface area contributed by atoms with Gasteiger partial charge in [-0.05, 0) is 42.5 Å². The summed E-state index contributed by atoms with van der Waals surface area (Å²) in [7, 11) is 0. The van der Waals surface area contributed by atoms with Gasteiger partial charge < -0.3 is 9.88 Å².